The molecule has 0 bridgehead atoms. The average molecular weight is 250 g/mol. The highest BCUT2D eigenvalue weighted by atomic mass is 35.5. The molecule has 1 atom stereocenters. The topological polar surface area (TPSA) is 12.0 Å². The van der Waals surface area contributed by atoms with Gasteiger partial charge in [0.2, 0.25) is 0 Å². The van der Waals surface area contributed by atoms with Crippen molar-refractivity contribution in [3.05, 3.63) is 34.6 Å². The van der Waals surface area contributed by atoms with E-state index in [0.717, 1.165) is 6.42 Å². The lowest BCUT2D eigenvalue weighted by molar-refractivity contribution is 0.520. The van der Waals surface area contributed by atoms with Crippen molar-refractivity contribution >= 4 is 23.2 Å². The van der Waals surface area contributed by atoms with Crippen molar-refractivity contribution in [3.8, 4) is 0 Å². The van der Waals surface area contributed by atoms with Crippen LogP contribution in [0.25, 0.3) is 0 Å². The van der Waals surface area contributed by atoms with Crippen molar-refractivity contribution in [2.24, 2.45) is 0 Å². The van der Waals surface area contributed by atoms with Crippen molar-refractivity contribution in [2.75, 3.05) is 5.88 Å². The molecule has 84 valence electrons. The first-order valence-corrected chi connectivity index (χ1v) is 5.82. The molecule has 1 unspecified atom stereocenters. The normalized spacial score (nSPS) is 12.8. The fourth-order valence-electron chi connectivity index (χ4n) is 1.25. The summed E-state index contributed by atoms with van der Waals surface area (Å²) >= 11 is 11.4. The van der Waals surface area contributed by atoms with E-state index in [4.69, 9.17) is 23.2 Å². The molecule has 15 heavy (non-hydrogen) atoms. The molecule has 0 amide bonds. The van der Waals surface area contributed by atoms with Gasteiger partial charge in [0.25, 0.3) is 0 Å². The highest BCUT2D eigenvalue weighted by molar-refractivity contribution is 6.30. The Labute approximate surface area is 99.6 Å². The van der Waals surface area contributed by atoms with Crippen molar-refractivity contribution in [1.29, 1.82) is 0 Å². The van der Waals surface area contributed by atoms with Gasteiger partial charge in [-0.05, 0) is 12.5 Å². The van der Waals surface area contributed by atoms with Gasteiger partial charge in [-0.1, -0.05) is 30.7 Å². The Morgan fingerprint density at radius 3 is 2.80 bits per heavy atom. The summed E-state index contributed by atoms with van der Waals surface area (Å²) in [5.74, 6) is 0.176. The van der Waals surface area contributed by atoms with Gasteiger partial charge in [-0.15, -0.1) is 11.6 Å². The van der Waals surface area contributed by atoms with E-state index in [9.17, 15) is 4.39 Å². The van der Waals surface area contributed by atoms with E-state index in [1.54, 1.807) is 18.2 Å². The molecule has 0 saturated heterocycles. The summed E-state index contributed by atoms with van der Waals surface area (Å²) in [5.41, 5.74) is 0.575. The fraction of sp³-hybridized carbons (Fsp3) is 0.455. The van der Waals surface area contributed by atoms with Crippen LogP contribution in [0.5, 0.6) is 0 Å². The number of rotatable bonds is 5. The summed E-state index contributed by atoms with van der Waals surface area (Å²) in [6.07, 6.45) is 0.922. The number of benzene rings is 1. The van der Waals surface area contributed by atoms with Crippen molar-refractivity contribution in [2.45, 2.75) is 25.9 Å². The maximum absolute atomic E-state index is 13.5. The second kappa shape index (κ2) is 6.31. The Balaban J connectivity index is 2.61. The van der Waals surface area contributed by atoms with Crippen LogP contribution in [0, 0.1) is 5.82 Å². The number of hydrogen-bond donors (Lipinski definition) is 1. The largest absolute Gasteiger partial charge is 0.309 e. The number of alkyl halides is 1. The summed E-state index contributed by atoms with van der Waals surface area (Å²) in [4.78, 5) is 0. The lowest BCUT2D eigenvalue weighted by Crippen LogP contribution is -2.29. The highest BCUT2D eigenvalue weighted by Crippen LogP contribution is 2.17. The molecule has 0 spiro atoms. The predicted molar refractivity (Wildman–Crippen MR) is 63.0 cm³/mol. The van der Waals surface area contributed by atoms with E-state index < -0.39 is 0 Å². The predicted octanol–water partition coefficient (Wildman–Crippen LogP) is 3.59. The molecule has 0 heterocycles. The standard InChI is InChI=1S/C11H14Cl2FN/c1-2-9(6-12)15-7-8-4-3-5-10(13)11(8)14/h3-5,9,15H,2,6-7H2,1H3. The lowest BCUT2D eigenvalue weighted by atomic mass is 10.2. The molecular formula is C11H14Cl2FN. The zero-order valence-electron chi connectivity index (χ0n) is 8.56. The first-order chi connectivity index (χ1) is 7.19. The third-order valence-corrected chi connectivity index (χ3v) is 2.96. The van der Waals surface area contributed by atoms with Gasteiger partial charge in [-0.25, -0.2) is 4.39 Å². The second-order valence-corrected chi connectivity index (χ2v) is 4.07. The second-order valence-electron chi connectivity index (χ2n) is 3.35. The molecule has 0 aliphatic heterocycles. The molecule has 4 heteroatoms. The highest BCUT2D eigenvalue weighted by Gasteiger charge is 2.08. The number of nitrogens with one attached hydrogen (secondary N) is 1. The third kappa shape index (κ3) is 3.63. The van der Waals surface area contributed by atoms with E-state index in [1.807, 2.05) is 6.92 Å². The Morgan fingerprint density at radius 2 is 2.20 bits per heavy atom. The molecule has 0 saturated carbocycles. The third-order valence-electron chi connectivity index (χ3n) is 2.29. The van der Waals surface area contributed by atoms with Crippen LogP contribution in [0.3, 0.4) is 0 Å². The van der Waals surface area contributed by atoms with Crippen LogP contribution in [0.1, 0.15) is 18.9 Å². The van der Waals surface area contributed by atoms with Crippen LogP contribution in [0.15, 0.2) is 18.2 Å². The van der Waals surface area contributed by atoms with E-state index in [0.29, 0.717) is 18.0 Å². The molecule has 1 N–H and O–H groups in total. The summed E-state index contributed by atoms with van der Waals surface area (Å²) < 4.78 is 13.5. The number of halogens is 3. The first-order valence-electron chi connectivity index (χ1n) is 4.91. The quantitative estimate of drug-likeness (QED) is 0.787. The smallest absolute Gasteiger partial charge is 0.146 e. The summed E-state index contributed by atoms with van der Waals surface area (Å²) in [5, 5.41) is 3.33. The van der Waals surface area contributed by atoms with Gasteiger partial charge >= 0.3 is 0 Å². The van der Waals surface area contributed by atoms with Crippen LogP contribution >= 0.6 is 23.2 Å². The Morgan fingerprint density at radius 1 is 1.47 bits per heavy atom. The van der Waals surface area contributed by atoms with Crippen molar-refractivity contribution < 1.29 is 4.39 Å². The van der Waals surface area contributed by atoms with Crippen LogP contribution in [-0.4, -0.2) is 11.9 Å². The van der Waals surface area contributed by atoms with Gasteiger partial charge in [-0.2, -0.15) is 0 Å². The van der Waals surface area contributed by atoms with Gasteiger partial charge in [-0.3, -0.25) is 0 Å². The molecule has 1 aromatic carbocycles. The maximum Gasteiger partial charge on any atom is 0.146 e. The van der Waals surface area contributed by atoms with Crippen molar-refractivity contribution in [1.82, 2.24) is 5.32 Å². The lowest BCUT2D eigenvalue weighted by Gasteiger charge is -2.14. The molecule has 0 aliphatic rings. The average Bonchev–Trinajstić information content (AvgIpc) is 2.25. The Kier molecular flexibility index (Phi) is 5.37. The fourth-order valence-corrected chi connectivity index (χ4v) is 1.77. The van der Waals surface area contributed by atoms with E-state index in [-0.39, 0.29) is 16.9 Å². The van der Waals surface area contributed by atoms with Gasteiger partial charge in [0.1, 0.15) is 5.82 Å². The van der Waals surface area contributed by atoms with Crippen LogP contribution in [-0.2, 0) is 6.54 Å². The van der Waals surface area contributed by atoms with E-state index >= 15 is 0 Å². The van der Waals surface area contributed by atoms with Gasteiger partial charge in [0.15, 0.2) is 0 Å². The van der Waals surface area contributed by atoms with E-state index in [1.165, 1.54) is 0 Å². The van der Waals surface area contributed by atoms with Gasteiger partial charge in [0, 0.05) is 24.0 Å². The Hall–Kier alpha value is -0.310. The molecule has 0 fully saturated rings. The molecule has 0 aliphatic carbocycles. The summed E-state index contributed by atoms with van der Waals surface area (Å²) in [6.45, 7) is 2.49. The monoisotopic (exact) mass is 249 g/mol. The molecule has 1 rings (SSSR count). The number of hydrogen-bond acceptors (Lipinski definition) is 1. The van der Waals surface area contributed by atoms with Crippen LogP contribution in [0.4, 0.5) is 4.39 Å². The SMILES string of the molecule is CCC(CCl)NCc1cccc(Cl)c1F. The van der Waals surface area contributed by atoms with Crippen LogP contribution in [0.2, 0.25) is 5.02 Å². The minimum Gasteiger partial charge on any atom is -0.309 e. The Bertz CT molecular complexity index is 313. The van der Waals surface area contributed by atoms with Crippen LogP contribution < -0.4 is 5.32 Å². The van der Waals surface area contributed by atoms with E-state index in [2.05, 4.69) is 5.32 Å². The molecule has 1 nitrogen and oxygen atoms in total. The first kappa shape index (κ1) is 12.8. The zero-order chi connectivity index (χ0) is 11.3. The summed E-state index contributed by atoms with van der Waals surface area (Å²) in [7, 11) is 0. The zero-order valence-corrected chi connectivity index (χ0v) is 10.1. The minimum absolute atomic E-state index is 0.160. The van der Waals surface area contributed by atoms with Crippen molar-refractivity contribution in [3.63, 3.8) is 0 Å². The molecular weight excluding hydrogens is 236 g/mol. The minimum atomic E-state index is -0.351. The van der Waals surface area contributed by atoms with Gasteiger partial charge < -0.3 is 5.32 Å². The van der Waals surface area contributed by atoms with Gasteiger partial charge in [0.05, 0.1) is 5.02 Å². The molecule has 1 aromatic rings. The summed E-state index contributed by atoms with van der Waals surface area (Å²) in [6, 6.07) is 5.21. The molecule has 0 radical (unpaired) electrons. The maximum atomic E-state index is 13.5. The molecule has 0 aromatic heterocycles.